The molecule has 1 aromatic carbocycles. The van der Waals surface area contributed by atoms with Gasteiger partial charge in [-0.05, 0) is 30.7 Å². The summed E-state index contributed by atoms with van der Waals surface area (Å²) in [5.41, 5.74) is 1.60. The van der Waals surface area contributed by atoms with Crippen molar-refractivity contribution in [2.45, 2.75) is 13.8 Å². The Kier molecular flexibility index (Phi) is 6.56. The van der Waals surface area contributed by atoms with E-state index in [0.29, 0.717) is 32.7 Å². The number of hydrogen-bond donors (Lipinski definition) is 2. The second-order valence-electron chi connectivity index (χ2n) is 5.78. The molecule has 1 fully saturated rings. The summed E-state index contributed by atoms with van der Waals surface area (Å²) in [6.45, 7) is 6.07. The Balaban J connectivity index is 1.84. The fourth-order valence-electron chi connectivity index (χ4n) is 2.55. The number of carbonyl (C=O) groups is 3. The SMILES string of the molecule is CCNC(=O)N1CCN(C(=O)/C=C/c2ccc(NC(C)=O)cc2)CC1. The lowest BCUT2D eigenvalue weighted by Gasteiger charge is -2.34. The lowest BCUT2D eigenvalue weighted by Crippen LogP contribution is -2.52. The first kappa shape index (κ1) is 18.5. The second kappa shape index (κ2) is 8.86. The largest absolute Gasteiger partial charge is 0.338 e. The van der Waals surface area contributed by atoms with Crippen LogP contribution in [-0.2, 0) is 9.59 Å². The highest BCUT2D eigenvalue weighted by atomic mass is 16.2. The lowest BCUT2D eigenvalue weighted by atomic mass is 10.2. The summed E-state index contributed by atoms with van der Waals surface area (Å²) in [6, 6.07) is 7.17. The van der Waals surface area contributed by atoms with Crippen LogP contribution >= 0.6 is 0 Å². The van der Waals surface area contributed by atoms with E-state index in [1.165, 1.54) is 13.0 Å². The van der Waals surface area contributed by atoms with E-state index in [2.05, 4.69) is 10.6 Å². The van der Waals surface area contributed by atoms with Gasteiger partial charge < -0.3 is 20.4 Å². The van der Waals surface area contributed by atoms with Crippen molar-refractivity contribution >= 4 is 29.6 Å². The van der Waals surface area contributed by atoms with Gasteiger partial charge in [-0.3, -0.25) is 9.59 Å². The van der Waals surface area contributed by atoms with Gasteiger partial charge in [0.05, 0.1) is 0 Å². The molecule has 2 rings (SSSR count). The maximum absolute atomic E-state index is 12.2. The summed E-state index contributed by atoms with van der Waals surface area (Å²) in [5.74, 6) is -0.188. The zero-order chi connectivity index (χ0) is 18.2. The number of amides is 4. The van der Waals surface area contributed by atoms with Crippen LogP contribution in [-0.4, -0.2) is 60.4 Å². The van der Waals surface area contributed by atoms with Crippen LogP contribution in [0.4, 0.5) is 10.5 Å². The third kappa shape index (κ3) is 5.63. The van der Waals surface area contributed by atoms with Crippen molar-refractivity contribution < 1.29 is 14.4 Å². The molecule has 25 heavy (non-hydrogen) atoms. The number of hydrogen-bond acceptors (Lipinski definition) is 3. The molecule has 1 aromatic rings. The predicted molar refractivity (Wildman–Crippen MR) is 97.0 cm³/mol. The first-order chi connectivity index (χ1) is 12.0. The minimum Gasteiger partial charge on any atom is -0.338 e. The third-order valence-corrected chi connectivity index (χ3v) is 3.86. The molecule has 0 aliphatic carbocycles. The first-order valence-electron chi connectivity index (χ1n) is 8.37. The Bertz CT molecular complexity index is 647. The zero-order valence-corrected chi connectivity index (χ0v) is 14.6. The lowest BCUT2D eigenvalue weighted by molar-refractivity contribution is -0.127. The molecule has 1 aliphatic rings. The van der Waals surface area contributed by atoms with Crippen molar-refractivity contribution in [3.8, 4) is 0 Å². The van der Waals surface area contributed by atoms with E-state index in [4.69, 9.17) is 0 Å². The summed E-state index contributed by atoms with van der Waals surface area (Å²) >= 11 is 0. The fourth-order valence-corrected chi connectivity index (χ4v) is 2.55. The van der Waals surface area contributed by atoms with E-state index < -0.39 is 0 Å². The zero-order valence-electron chi connectivity index (χ0n) is 14.6. The fraction of sp³-hybridized carbons (Fsp3) is 0.389. The highest BCUT2D eigenvalue weighted by Gasteiger charge is 2.22. The Hall–Kier alpha value is -2.83. The minimum absolute atomic E-state index is 0.0681. The monoisotopic (exact) mass is 344 g/mol. The van der Waals surface area contributed by atoms with Crippen LogP contribution in [0.1, 0.15) is 19.4 Å². The van der Waals surface area contributed by atoms with Gasteiger partial charge in [0.1, 0.15) is 0 Å². The Morgan fingerprint density at radius 2 is 1.64 bits per heavy atom. The third-order valence-electron chi connectivity index (χ3n) is 3.86. The van der Waals surface area contributed by atoms with Crippen molar-refractivity contribution in [1.82, 2.24) is 15.1 Å². The predicted octanol–water partition coefficient (Wildman–Crippen LogP) is 1.53. The van der Waals surface area contributed by atoms with Crippen molar-refractivity contribution in [3.63, 3.8) is 0 Å². The van der Waals surface area contributed by atoms with Gasteiger partial charge in [0.15, 0.2) is 0 Å². The molecule has 0 spiro atoms. The quantitative estimate of drug-likeness (QED) is 0.813. The van der Waals surface area contributed by atoms with Crippen LogP contribution in [0, 0.1) is 0 Å². The number of carbonyl (C=O) groups excluding carboxylic acids is 3. The van der Waals surface area contributed by atoms with E-state index >= 15 is 0 Å². The average molecular weight is 344 g/mol. The molecular formula is C18H24N4O3. The molecule has 0 atom stereocenters. The summed E-state index contributed by atoms with van der Waals surface area (Å²) in [4.78, 5) is 38.4. The Morgan fingerprint density at radius 1 is 1.04 bits per heavy atom. The van der Waals surface area contributed by atoms with Crippen molar-refractivity contribution in [2.75, 3.05) is 38.0 Å². The van der Waals surface area contributed by atoms with E-state index in [1.807, 2.05) is 19.1 Å². The van der Waals surface area contributed by atoms with Gasteiger partial charge in [0, 0.05) is 51.4 Å². The number of piperazine rings is 1. The molecule has 0 radical (unpaired) electrons. The topological polar surface area (TPSA) is 81.8 Å². The smallest absolute Gasteiger partial charge is 0.317 e. The number of nitrogens with zero attached hydrogens (tertiary/aromatic N) is 2. The van der Waals surface area contributed by atoms with Gasteiger partial charge in [-0.1, -0.05) is 12.1 Å². The molecular weight excluding hydrogens is 320 g/mol. The van der Waals surface area contributed by atoms with Crippen LogP contribution in [0.15, 0.2) is 30.3 Å². The van der Waals surface area contributed by atoms with E-state index in [-0.39, 0.29) is 17.8 Å². The maximum atomic E-state index is 12.2. The van der Waals surface area contributed by atoms with Crippen LogP contribution in [0.2, 0.25) is 0 Å². The van der Waals surface area contributed by atoms with Gasteiger partial charge in [-0.15, -0.1) is 0 Å². The molecule has 0 unspecified atom stereocenters. The Morgan fingerprint density at radius 3 is 2.20 bits per heavy atom. The van der Waals surface area contributed by atoms with Crippen LogP contribution in [0.25, 0.3) is 6.08 Å². The number of urea groups is 1. The average Bonchev–Trinajstić information content (AvgIpc) is 2.61. The minimum atomic E-state index is -0.120. The normalized spacial score (nSPS) is 14.5. The van der Waals surface area contributed by atoms with Crippen LogP contribution in [0.5, 0.6) is 0 Å². The second-order valence-corrected chi connectivity index (χ2v) is 5.78. The molecule has 134 valence electrons. The standard InChI is InChI=1S/C18H24N4O3/c1-3-19-18(25)22-12-10-21(11-13-22)17(24)9-6-15-4-7-16(8-5-15)20-14(2)23/h4-9H,3,10-13H2,1-2H3,(H,19,25)(H,20,23)/b9-6+. The van der Waals surface area contributed by atoms with Crippen molar-refractivity contribution in [1.29, 1.82) is 0 Å². The van der Waals surface area contributed by atoms with Crippen molar-refractivity contribution in [3.05, 3.63) is 35.9 Å². The van der Waals surface area contributed by atoms with E-state index in [1.54, 1.807) is 28.0 Å². The van der Waals surface area contributed by atoms with Gasteiger partial charge in [-0.25, -0.2) is 4.79 Å². The summed E-state index contributed by atoms with van der Waals surface area (Å²) in [5, 5.41) is 5.46. The van der Waals surface area contributed by atoms with Gasteiger partial charge in [0.2, 0.25) is 11.8 Å². The van der Waals surface area contributed by atoms with Crippen LogP contribution < -0.4 is 10.6 Å². The highest BCUT2D eigenvalue weighted by molar-refractivity contribution is 5.92. The van der Waals surface area contributed by atoms with E-state index in [0.717, 1.165) is 11.3 Å². The maximum Gasteiger partial charge on any atom is 0.317 e. The number of benzene rings is 1. The van der Waals surface area contributed by atoms with Gasteiger partial charge in [-0.2, -0.15) is 0 Å². The molecule has 7 nitrogen and oxygen atoms in total. The Labute approximate surface area is 147 Å². The summed E-state index contributed by atoms with van der Waals surface area (Å²) in [7, 11) is 0. The highest BCUT2D eigenvalue weighted by Crippen LogP contribution is 2.11. The number of nitrogens with one attached hydrogen (secondary N) is 2. The first-order valence-corrected chi connectivity index (χ1v) is 8.37. The van der Waals surface area contributed by atoms with Gasteiger partial charge in [0.25, 0.3) is 0 Å². The summed E-state index contributed by atoms with van der Waals surface area (Å²) < 4.78 is 0. The molecule has 0 aromatic heterocycles. The molecule has 7 heteroatoms. The molecule has 1 aliphatic heterocycles. The van der Waals surface area contributed by atoms with Crippen LogP contribution in [0.3, 0.4) is 0 Å². The molecule has 2 N–H and O–H groups in total. The van der Waals surface area contributed by atoms with Crippen molar-refractivity contribution in [2.24, 2.45) is 0 Å². The molecule has 4 amide bonds. The summed E-state index contributed by atoms with van der Waals surface area (Å²) in [6.07, 6.45) is 3.28. The number of anilines is 1. The molecule has 0 saturated carbocycles. The molecule has 1 heterocycles. The number of rotatable bonds is 4. The molecule has 1 saturated heterocycles. The van der Waals surface area contributed by atoms with Gasteiger partial charge >= 0.3 is 6.03 Å². The molecule has 0 bridgehead atoms. The van der Waals surface area contributed by atoms with E-state index in [9.17, 15) is 14.4 Å².